The molecule has 0 fully saturated rings. The molecule has 0 saturated heterocycles. The number of fused-ring (bicyclic) bond motifs is 2. The topological polar surface area (TPSA) is 153 Å². The maximum Gasteiger partial charge on any atom is 0.319 e. The minimum Gasteiger partial charge on any atom is -0.505 e. The molecule has 0 bridgehead atoms. The van der Waals surface area contributed by atoms with Gasteiger partial charge in [-0.3, -0.25) is 28.9 Å². The largest absolute Gasteiger partial charge is 0.505 e. The minimum absolute atomic E-state index is 0.0169. The lowest BCUT2D eigenvalue weighted by atomic mass is 9.93. The van der Waals surface area contributed by atoms with Gasteiger partial charge >= 0.3 is 5.97 Å². The summed E-state index contributed by atoms with van der Waals surface area (Å²) in [6.07, 6.45) is 0. The zero-order valence-corrected chi connectivity index (χ0v) is 27.5. The fraction of sp³-hybridized carbons (Fsp3) is 0.343. The monoisotopic (exact) mass is 682 g/mol. The Kier molecular flexibility index (Phi) is 12.2. The predicted molar refractivity (Wildman–Crippen MR) is 175 cm³/mol. The summed E-state index contributed by atoms with van der Waals surface area (Å²) in [6, 6.07) is 8.78. The first kappa shape index (κ1) is 36.6. The van der Waals surface area contributed by atoms with Crippen LogP contribution in [0.5, 0.6) is 11.5 Å². The quantitative estimate of drug-likeness (QED) is 0.0974. The number of methoxy groups -OCH3 is 1. The van der Waals surface area contributed by atoms with E-state index in [1.807, 2.05) is 0 Å². The van der Waals surface area contributed by atoms with Gasteiger partial charge in [0.2, 0.25) is 5.43 Å². The summed E-state index contributed by atoms with van der Waals surface area (Å²) in [5, 5.41) is 10.2. The molecule has 1 aliphatic carbocycles. The van der Waals surface area contributed by atoms with Crippen molar-refractivity contribution in [3.63, 3.8) is 0 Å². The highest BCUT2D eigenvalue weighted by atomic mass is 19.1. The maximum absolute atomic E-state index is 14.7. The number of esters is 1. The molecular weight excluding hydrogens is 646 g/mol. The summed E-state index contributed by atoms with van der Waals surface area (Å²) in [7, 11) is 1.26. The van der Waals surface area contributed by atoms with E-state index in [0.717, 1.165) is 24.3 Å². The number of Topliss-reactive ketones (excluding diaryl/α,β-unsaturated/α-hetero) is 3. The van der Waals surface area contributed by atoms with Crippen molar-refractivity contribution < 1.29 is 51.7 Å². The van der Waals surface area contributed by atoms with Gasteiger partial charge in [-0.25, -0.2) is 8.78 Å². The second-order valence-electron chi connectivity index (χ2n) is 11.4. The van der Waals surface area contributed by atoms with Crippen molar-refractivity contribution in [1.82, 2.24) is 4.90 Å². The van der Waals surface area contributed by atoms with Gasteiger partial charge in [0.05, 0.1) is 52.2 Å². The maximum atomic E-state index is 14.7. The van der Waals surface area contributed by atoms with Gasteiger partial charge in [0.15, 0.2) is 17.4 Å². The Morgan fingerprint density at radius 2 is 1.53 bits per heavy atom. The van der Waals surface area contributed by atoms with Gasteiger partial charge in [0.25, 0.3) is 0 Å². The van der Waals surface area contributed by atoms with E-state index < -0.39 is 28.8 Å². The highest BCUT2D eigenvalue weighted by molar-refractivity contribution is 6.03. The SMILES string of the molecule is COC(=O)CN(CCOCCOc1ccc(-c2c3cc(F)c(=O)cc-3oc3cc(O)c(F)cc23)cc1N(CC(C)=O)CC(C)=O)CC(C)=O. The van der Waals surface area contributed by atoms with Crippen LogP contribution in [0.25, 0.3) is 33.4 Å². The van der Waals surface area contributed by atoms with Gasteiger partial charge in [-0.2, -0.15) is 0 Å². The molecule has 2 aromatic rings. The molecule has 2 aliphatic rings. The standard InChI is InChI=1S/C35H36F2N2O10/c1-20(40)16-38(19-34(45)46-4)7-8-47-9-10-48-31-6-5-23(11-28(31)39(17-21(2)41)18-22(3)42)35-24-12-26(36)29(43)14-32(24)49-33-15-30(44)27(37)13-25(33)35/h5-6,11-15,43H,7-10,16-19H2,1-4H3. The third kappa shape index (κ3) is 9.45. The molecule has 0 atom stereocenters. The van der Waals surface area contributed by atoms with Crippen LogP contribution in [0.15, 0.2) is 51.7 Å². The Balaban J connectivity index is 1.69. The Hall–Kier alpha value is -5.21. The molecule has 14 heteroatoms. The number of nitrogens with zero attached hydrogens (tertiary/aromatic N) is 2. The van der Waals surface area contributed by atoms with Crippen molar-refractivity contribution in [1.29, 1.82) is 0 Å². The zero-order chi connectivity index (χ0) is 35.8. The Morgan fingerprint density at radius 3 is 2.18 bits per heavy atom. The second-order valence-corrected chi connectivity index (χ2v) is 11.4. The third-order valence-electron chi connectivity index (χ3n) is 7.32. The number of benzene rings is 3. The number of ether oxygens (including phenoxy) is 3. The van der Waals surface area contributed by atoms with Gasteiger partial charge < -0.3 is 28.6 Å². The summed E-state index contributed by atoms with van der Waals surface area (Å²) in [6.45, 7) is 4.35. The summed E-state index contributed by atoms with van der Waals surface area (Å²) < 4.78 is 51.4. The van der Waals surface area contributed by atoms with Gasteiger partial charge in [-0.05, 0) is 50.6 Å². The normalized spacial score (nSPS) is 11.2. The first-order valence-corrected chi connectivity index (χ1v) is 15.2. The summed E-state index contributed by atoms with van der Waals surface area (Å²) in [5.41, 5.74) is 0.181. The van der Waals surface area contributed by atoms with E-state index in [9.17, 15) is 37.9 Å². The number of rotatable bonds is 17. The minimum atomic E-state index is -1.06. The lowest BCUT2D eigenvalue weighted by Crippen LogP contribution is -2.37. The third-order valence-corrected chi connectivity index (χ3v) is 7.32. The van der Waals surface area contributed by atoms with Gasteiger partial charge in [-0.1, -0.05) is 6.07 Å². The van der Waals surface area contributed by atoms with Crippen molar-refractivity contribution in [2.45, 2.75) is 20.8 Å². The molecule has 0 aromatic heterocycles. The molecule has 260 valence electrons. The average molecular weight is 683 g/mol. The fourth-order valence-electron chi connectivity index (χ4n) is 5.30. The first-order valence-electron chi connectivity index (χ1n) is 15.2. The van der Waals surface area contributed by atoms with Crippen LogP contribution in [0.1, 0.15) is 20.8 Å². The number of phenolic OH excluding ortho intramolecular Hbond substituents is 1. The number of carbonyl (C=O) groups excluding carboxylic acids is 4. The van der Waals surface area contributed by atoms with Crippen LogP contribution in [0.3, 0.4) is 0 Å². The molecule has 4 rings (SSSR count). The van der Waals surface area contributed by atoms with Crippen LogP contribution in [-0.2, 0) is 28.7 Å². The Morgan fingerprint density at radius 1 is 0.837 bits per heavy atom. The number of ketones is 3. The van der Waals surface area contributed by atoms with Crippen molar-refractivity contribution in [3.05, 3.63) is 64.3 Å². The van der Waals surface area contributed by atoms with Crippen LogP contribution >= 0.6 is 0 Å². The molecule has 2 aromatic carbocycles. The number of aromatic hydroxyl groups is 1. The number of phenols is 1. The molecule has 0 saturated carbocycles. The number of anilines is 1. The van der Waals surface area contributed by atoms with Crippen molar-refractivity contribution in [2.24, 2.45) is 0 Å². The van der Waals surface area contributed by atoms with E-state index in [4.69, 9.17) is 13.9 Å². The highest BCUT2D eigenvalue weighted by Gasteiger charge is 2.24. The summed E-state index contributed by atoms with van der Waals surface area (Å²) in [4.78, 5) is 63.1. The molecular formula is C35H36F2N2O10. The van der Waals surface area contributed by atoms with E-state index in [0.29, 0.717) is 11.3 Å². The smallest absolute Gasteiger partial charge is 0.319 e. The number of carbonyl (C=O) groups is 4. The highest BCUT2D eigenvalue weighted by Crippen LogP contribution is 2.44. The lowest BCUT2D eigenvalue weighted by Gasteiger charge is -2.26. The summed E-state index contributed by atoms with van der Waals surface area (Å²) >= 11 is 0. The molecule has 0 radical (unpaired) electrons. The molecule has 1 N–H and O–H groups in total. The van der Waals surface area contributed by atoms with E-state index in [-0.39, 0.29) is 104 Å². The van der Waals surface area contributed by atoms with Crippen LogP contribution in [0.4, 0.5) is 14.5 Å². The van der Waals surface area contributed by atoms with Crippen LogP contribution in [0, 0.1) is 11.6 Å². The number of hydrogen-bond donors (Lipinski definition) is 1. The molecule has 1 aliphatic heterocycles. The van der Waals surface area contributed by atoms with Gasteiger partial charge in [0, 0.05) is 35.2 Å². The van der Waals surface area contributed by atoms with Crippen molar-refractivity contribution in [3.8, 4) is 33.9 Å². The zero-order valence-electron chi connectivity index (χ0n) is 27.5. The van der Waals surface area contributed by atoms with Gasteiger partial charge in [0.1, 0.15) is 41.0 Å². The molecule has 1 heterocycles. The molecule has 49 heavy (non-hydrogen) atoms. The predicted octanol–water partition coefficient (Wildman–Crippen LogP) is 3.99. The average Bonchev–Trinajstić information content (AvgIpc) is 3.02. The Bertz CT molecular complexity index is 1890. The van der Waals surface area contributed by atoms with E-state index in [2.05, 4.69) is 4.74 Å². The van der Waals surface area contributed by atoms with Crippen LogP contribution in [-0.4, -0.2) is 93.0 Å². The van der Waals surface area contributed by atoms with Crippen molar-refractivity contribution in [2.75, 3.05) is 64.6 Å². The first-order chi connectivity index (χ1) is 23.3. The van der Waals surface area contributed by atoms with E-state index >= 15 is 0 Å². The molecule has 12 nitrogen and oxygen atoms in total. The van der Waals surface area contributed by atoms with Crippen molar-refractivity contribution >= 4 is 40.0 Å². The fourth-order valence-corrected chi connectivity index (χ4v) is 5.30. The van der Waals surface area contributed by atoms with E-state index in [1.54, 1.807) is 23.1 Å². The summed E-state index contributed by atoms with van der Waals surface area (Å²) in [5.74, 6) is -3.58. The van der Waals surface area contributed by atoms with E-state index in [1.165, 1.54) is 32.8 Å². The molecule has 0 unspecified atom stereocenters. The van der Waals surface area contributed by atoms with Crippen LogP contribution < -0.4 is 15.1 Å². The lowest BCUT2D eigenvalue weighted by molar-refractivity contribution is -0.142. The van der Waals surface area contributed by atoms with Gasteiger partial charge in [-0.15, -0.1) is 0 Å². The molecule has 0 spiro atoms. The number of halogens is 2. The second kappa shape index (κ2) is 16.3. The van der Waals surface area contributed by atoms with Crippen LogP contribution in [0.2, 0.25) is 0 Å². The Labute approximate surface area is 280 Å². The number of hydrogen-bond acceptors (Lipinski definition) is 12. The molecule has 0 amide bonds.